The first-order chi connectivity index (χ1) is 17.0. The Kier molecular flexibility index (Phi) is 6.58. The molecule has 180 valence electrons. The molecular formula is C30H32N2O3. The SMILES string of the molecule is Cc1cccc([C@@H]2c3cc(O[C@H](C)C(=O)NCc4ccccc4)ccc3CCN2C(=O)C2CC2)c1. The van der Waals surface area contributed by atoms with Crippen molar-refractivity contribution in [3.05, 3.63) is 101 Å². The number of aryl methyl sites for hydroxylation is 1. The molecule has 5 heteroatoms. The summed E-state index contributed by atoms with van der Waals surface area (Å²) in [5.41, 5.74) is 5.65. The van der Waals surface area contributed by atoms with Crippen LogP contribution in [0.25, 0.3) is 0 Å². The number of benzene rings is 3. The molecule has 0 saturated heterocycles. The summed E-state index contributed by atoms with van der Waals surface area (Å²) in [4.78, 5) is 27.9. The van der Waals surface area contributed by atoms with Crippen molar-refractivity contribution in [1.82, 2.24) is 10.2 Å². The van der Waals surface area contributed by atoms with Crippen molar-refractivity contribution in [3.8, 4) is 5.75 Å². The molecule has 5 nitrogen and oxygen atoms in total. The van der Waals surface area contributed by atoms with E-state index in [0.29, 0.717) is 12.3 Å². The second kappa shape index (κ2) is 9.95. The average molecular weight is 469 g/mol. The van der Waals surface area contributed by atoms with E-state index in [2.05, 4.69) is 47.5 Å². The van der Waals surface area contributed by atoms with Gasteiger partial charge in [-0.05, 0) is 67.5 Å². The van der Waals surface area contributed by atoms with Gasteiger partial charge in [0.2, 0.25) is 5.91 Å². The highest BCUT2D eigenvalue weighted by molar-refractivity contribution is 5.82. The molecule has 1 aliphatic heterocycles. The van der Waals surface area contributed by atoms with Crippen LogP contribution in [0.4, 0.5) is 0 Å². The van der Waals surface area contributed by atoms with E-state index in [9.17, 15) is 9.59 Å². The molecule has 2 amide bonds. The molecule has 5 rings (SSSR count). The summed E-state index contributed by atoms with van der Waals surface area (Å²) in [5, 5.41) is 2.95. The maximum Gasteiger partial charge on any atom is 0.261 e. The van der Waals surface area contributed by atoms with Gasteiger partial charge in [-0.3, -0.25) is 9.59 Å². The van der Waals surface area contributed by atoms with Crippen molar-refractivity contribution in [3.63, 3.8) is 0 Å². The van der Waals surface area contributed by atoms with Crippen LogP contribution >= 0.6 is 0 Å². The van der Waals surface area contributed by atoms with Gasteiger partial charge < -0.3 is 15.0 Å². The van der Waals surface area contributed by atoms with Crippen LogP contribution in [0.1, 0.15) is 53.6 Å². The Labute approximate surface area is 207 Å². The van der Waals surface area contributed by atoms with Gasteiger partial charge in [-0.15, -0.1) is 0 Å². The van der Waals surface area contributed by atoms with E-state index in [4.69, 9.17) is 4.74 Å². The van der Waals surface area contributed by atoms with Gasteiger partial charge in [-0.1, -0.05) is 66.2 Å². The molecule has 0 bridgehead atoms. The minimum absolute atomic E-state index is 0.141. The van der Waals surface area contributed by atoms with Gasteiger partial charge in [0.25, 0.3) is 5.91 Å². The van der Waals surface area contributed by atoms with Crippen LogP contribution in [0.3, 0.4) is 0 Å². The molecule has 1 N–H and O–H groups in total. The van der Waals surface area contributed by atoms with Crippen LogP contribution in [0.5, 0.6) is 5.75 Å². The minimum Gasteiger partial charge on any atom is -0.481 e. The number of hydrogen-bond donors (Lipinski definition) is 1. The van der Waals surface area contributed by atoms with Gasteiger partial charge in [0.05, 0.1) is 6.04 Å². The Bertz CT molecular complexity index is 1220. The smallest absolute Gasteiger partial charge is 0.261 e. The fraction of sp³-hybridized carbons (Fsp3) is 0.333. The second-order valence-electron chi connectivity index (χ2n) is 9.70. The highest BCUT2D eigenvalue weighted by Gasteiger charge is 2.39. The number of ether oxygens (including phenoxy) is 1. The molecule has 0 spiro atoms. The topological polar surface area (TPSA) is 58.6 Å². The molecule has 1 aliphatic carbocycles. The molecule has 2 atom stereocenters. The standard InChI is InChI=1S/C30H32N2O3/c1-20-7-6-10-25(17-20)28-27-18-26(14-13-23(27)15-16-32(28)30(34)24-11-12-24)35-21(2)29(33)31-19-22-8-4-3-5-9-22/h3-10,13-14,17-18,21,24,28H,11-12,15-16,19H2,1-2H3,(H,31,33)/t21-,28-/m1/s1. The first-order valence-corrected chi connectivity index (χ1v) is 12.5. The van der Waals surface area contributed by atoms with E-state index in [-0.39, 0.29) is 23.8 Å². The maximum atomic E-state index is 13.2. The molecular weight excluding hydrogens is 436 g/mol. The van der Waals surface area contributed by atoms with E-state index < -0.39 is 6.10 Å². The Morgan fingerprint density at radius 1 is 1.03 bits per heavy atom. The average Bonchev–Trinajstić information content (AvgIpc) is 3.72. The number of amides is 2. The zero-order valence-corrected chi connectivity index (χ0v) is 20.4. The number of carbonyl (C=O) groups is 2. The molecule has 3 aromatic rings. The lowest BCUT2D eigenvalue weighted by molar-refractivity contribution is -0.134. The zero-order chi connectivity index (χ0) is 24.4. The third-order valence-electron chi connectivity index (χ3n) is 6.90. The molecule has 0 aromatic heterocycles. The summed E-state index contributed by atoms with van der Waals surface area (Å²) in [7, 11) is 0. The fourth-order valence-corrected chi connectivity index (χ4v) is 4.85. The molecule has 0 unspecified atom stereocenters. The van der Waals surface area contributed by atoms with Crippen LogP contribution in [0.15, 0.2) is 72.8 Å². The number of carbonyl (C=O) groups excluding carboxylic acids is 2. The summed E-state index contributed by atoms with van der Waals surface area (Å²) in [6.45, 7) is 5.03. The van der Waals surface area contributed by atoms with Gasteiger partial charge >= 0.3 is 0 Å². The summed E-state index contributed by atoms with van der Waals surface area (Å²) in [6, 6.07) is 24.1. The number of nitrogens with one attached hydrogen (secondary N) is 1. The lowest BCUT2D eigenvalue weighted by atomic mass is 9.87. The van der Waals surface area contributed by atoms with Crippen LogP contribution in [-0.2, 0) is 22.6 Å². The maximum absolute atomic E-state index is 13.2. The van der Waals surface area contributed by atoms with E-state index >= 15 is 0 Å². The first-order valence-electron chi connectivity index (χ1n) is 12.5. The van der Waals surface area contributed by atoms with Gasteiger partial charge in [0.15, 0.2) is 6.10 Å². The highest BCUT2D eigenvalue weighted by Crippen LogP contribution is 2.41. The summed E-state index contributed by atoms with van der Waals surface area (Å²) in [5.74, 6) is 0.899. The number of rotatable bonds is 7. The Balaban J connectivity index is 1.37. The summed E-state index contributed by atoms with van der Waals surface area (Å²) >= 11 is 0. The quantitative estimate of drug-likeness (QED) is 0.533. The van der Waals surface area contributed by atoms with E-state index in [1.165, 1.54) is 11.1 Å². The Hall–Kier alpha value is -3.60. The van der Waals surface area contributed by atoms with Crippen molar-refractivity contribution < 1.29 is 14.3 Å². The number of hydrogen-bond acceptors (Lipinski definition) is 3. The van der Waals surface area contributed by atoms with Crippen molar-refractivity contribution in [1.29, 1.82) is 0 Å². The lowest BCUT2D eigenvalue weighted by Gasteiger charge is -2.38. The molecule has 1 saturated carbocycles. The normalized spacial score (nSPS) is 17.9. The van der Waals surface area contributed by atoms with Crippen molar-refractivity contribution >= 4 is 11.8 Å². The largest absolute Gasteiger partial charge is 0.481 e. The molecule has 35 heavy (non-hydrogen) atoms. The molecule has 1 heterocycles. The number of fused-ring (bicyclic) bond motifs is 1. The molecule has 2 aliphatic rings. The third-order valence-corrected chi connectivity index (χ3v) is 6.90. The Morgan fingerprint density at radius 3 is 2.57 bits per heavy atom. The minimum atomic E-state index is -0.637. The number of nitrogens with zero attached hydrogens (tertiary/aromatic N) is 1. The van der Waals surface area contributed by atoms with Crippen LogP contribution in [0.2, 0.25) is 0 Å². The van der Waals surface area contributed by atoms with E-state index in [1.54, 1.807) is 6.92 Å². The highest BCUT2D eigenvalue weighted by atomic mass is 16.5. The first kappa shape index (κ1) is 23.2. The lowest BCUT2D eigenvalue weighted by Crippen LogP contribution is -2.41. The third kappa shape index (κ3) is 5.24. The summed E-state index contributed by atoms with van der Waals surface area (Å²) in [6.07, 6.45) is 2.16. The van der Waals surface area contributed by atoms with Crippen LogP contribution < -0.4 is 10.1 Å². The second-order valence-corrected chi connectivity index (χ2v) is 9.70. The monoisotopic (exact) mass is 468 g/mol. The van der Waals surface area contributed by atoms with E-state index in [0.717, 1.165) is 42.5 Å². The molecule has 1 fully saturated rings. The Morgan fingerprint density at radius 2 is 1.83 bits per heavy atom. The van der Waals surface area contributed by atoms with Gasteiger partial charge in [0.1, 0.15) is 5.75 Å². The van der Waals surface area contributed by atoms with Crippen molar-refractivity contribution in [2.45, 2.75) is 51.8 Å². The van der Waals surface area contributed by atoms with Crippen LogP contribution in [0, 0.1) is 12.8 Å². The molecule has 3 aromatic carbocycles. The van der Waals surface area contributed by atoms with Crippen molar-refractivity contribution in [2.75, 3.05) is 6.54 Å². The predicted molar refractivity (Wildman–Crippen MR) is 136 cm³/mol. The predicted octanol–water partition coefficient (Wildman–Crippen LogP) is 4.96. The zero-order valence-electron chi connectivity index (χ0n) is 20.4. The van der Waals surface area contributed by atoms with Gasteiger partial charge in [-0.2, -0.15) is 0 Å². The van der Waals surface area contributed by atoms with Gasteiger partial charge in [-0.25, -0.2) is 0 Å². The summed E-state index contributed by atoms with van der Waals surface area (Å²) < 4.78 is 6.08. The van der Waals surface area contributed by atoms with Crippen molar-refractivity contribution in [2.24, 2.45) is 5.92 Å². The molecule has 0 radical (unpaired) electrons. The van der Waals surface area contributed by atoms with Gasteiger partial charge in [0, 0.05) is 19.0 Å². The van der Waals surface area contributed by atoms with E-state index in [1.807, 2.05) is 42.5 Å². The fourth-order valence-electron chi connectivity index (χ4n) is 4.85. The van der Waals surface area contributed by atoms with Crippen LogP contribution in [-0.4, -0.2) is 29.4 Å².